The first kappa shape index (κ1) is 12.3. The summed E-state index contributed by atoms with van der Waals surface area (Å²) in [7, 11) is 1.72. The molecule has 0 amide bonds. The molecule has 1 aromatic heterocycles. The number of halogens is 3. The van der Waals surface area contributed by atoms with Crippen LogP contribution < -0.4 is 0 Å². The highest BCUT2D eigenvalue weighted by atomic mass is 35.5. The van der Waals surface area contributed by atoms with E-state index in [0.717, 1.165) is 10.9 Å². The Morgan fingerprint density at radius 3 is 2.76 bits per heavy atom. The lowest BCUT2D eigenvalue weighted by Crippen LogP contribution is -2.29. The Bertz CT molecular complexity index is 536. The molecule has 6 heteroatoms. The topological polar surface area (TPSA) is 38.0 Å². The summed E-state index contributed by atoms with van der Waals surface area (Å²) in [4.78, 5) is 0. The summed E-state index contributed by atoms with van der Waals surface area (Å²) in [5.41, 5.74) is 1.24. The Labute approximate surface area is 102 Å². The Kier molecular flexibility index (Phi) is 3.05. The SMILES string of the molecule is Cn1nc(CC(O)C(F)(F)Cl)c2ccccc21. The van der Waals surface area contributed by atoms with Crippen LogP contribution in [0.4, 0.5) is 8.78 Å². The van der Waals surface area contributed by atoms with E-state index in [1.165, 1.54) is 0 Å². The van der Waals surface area contributed by atoms with Crippen molar-refractivity contribution in [2.75, 3.05) is 0 Å². The molecule has 92 valence electrons. The van der Waals surface area contributed by atoms with E-state index in [1.807, 2.05) is 12.1 Å². The van der Waals surface area contributed by atoms with Crippen molar-refractivity contribution in [1.82, 2.24) is 9.78 Å². The summed E-state index contributed by atoms with van der Waals surface area (Å²) in [6, 6.07) is 7.23. The zero-order valence-corrected chi connectivity index (χ0v) is 9.83. The third kappa shape index (κ3) is 2.40. The highest BCUT2D eigenvalue weighted by molar-refractivity contribution is 6.22. The normalized spacial score (nSPS) is 14.2. The van der Waals surface area contributed by atoms with Gasteiger partial charge in [-0.2, -0.15) is 13.9 Å². The van der Waals surface area contributed by atoms with Crippen molar-refractivity contribution >= 4 is 22.5 Å². The number of alkyl halides is 3. The molecule has 0 radical (unpaired) electrons. The number of aliphatic hydroxyl groups is 1. The van der Waals surface area contributed by atoms with Crippen LogP contribution in [-0.4, -0.2) is 26.4 Å². The molecule has 2 aromatic rings. The number of para-hydroxylation sites is 1. The molecule has 2 rings (SSSR count). The largest absolute Gasteiger partial charge is 0.385 e. The van der Waals surface area contributed by atoms with Crippen LogP contribution in [0.5, 0.6) is 0 Å². The fourth-order valence-corrected chi connectivity index (χ4v) is 1.82. The Balaban J connectivity index is 2.37. The molecule has 0 fully saturated rings. The van der Waals surface area contributed by atoms with Crippen LogP contribution in [0, 0.1) is 0 Å². The molecule has 1 aromatic carbocycles. The van der Waals surface area contributed by atoms with Gasteiger partial charge >= 0.3 is 5.38 Å². The van der Waals surface area contributed by atoms with Gasteiger partial charge in [-0.15, -0.1) is 0 Å². The van der Waals surface area contributed by atoms with Crippen LogP contribution in [0.2, 0.25) is 0 Å². The average molecular weight is 261 g/mol. The second kappa shape index (κ2) is 4.23. The van der Waals surface area contributed by atoms with E-state index in [4.69, 9.17) is 11.6 Å². The lowest BCUT2D eigenvalue weighted by molar-refractivity contribution is -0.0401. The first-order valence-corrected chi connectivity index (χ1v) is 5.43. The molecule has 0 spiro atoms. The molecule has 0 aliphatic rings. The maximum absolute atomic E-state index is 12.7. The molecule has 1 unspecified atom stereocenters. The van der Waals surface area contributed by atoms with Gasteiger partial charge in [0.05, 0.1) is 11.2 Å². The first-order valence-electron chi connectivity index (χ1n) is 5.05. The summed E-state index contributed by atoms with van der Waals surface area (Å²) in [6.07, 6.45) is -2.22. The van der Waals surface area contributed by atoms with Crippen molar-refractivity contribution in [3.63, 3.8) is 0 Å². The lowest BCUT2D eigenvalue weighted by atomic mass is 10.1. The van der Waals surface area contributed by atoms with Gasteiger partial charge in [-0.3, -0.25) is 4.68 Å². The zero-order chi connectivity index (χ0) is 12.6. The molecular formula is C11H11ClF2N2O. The highest BCUT2D eigenvalue weighted by Gasteiger charge is 2.36. The van der Waals surface area contributed by atoms with Gasteiger partial charge in [-0.05, 0) is 17.7 Å². The maximum Gasteiger partial charge on any atom is 0.347 e. The molecule has 17 heavy (non-hydrogen) atoms. The minimum atomic E-state index is -3.64. The van der Waals surface area contributed by atoms with Crippen molar-refractivity contribution in [3.05, 3.63) is 30.0 Å². The van der Waals surface area contributed by atoms with Crippen molar-refractivity contribution in [2.45, 2.75) is 17.9 Å². The van der Waals surface area contributed by atoms with E-state index < -0.39 is 11.5 Å². The third-order valence-corrected chi connectivity index (χ3v) is 2.85. The Hall–Kier alpha value is -1.20. The molecule has 1 N–H and O–H groups in total. The zero-order valence-electron chi connectivity index (χ0n) is 9.07. The number of aliphatic hydroxyl groups excluding tert-OH is 1. The molecule has 1 heterocycles. The van der Waals surface area contributed by atoms with Crippen LogP contribution in [-0.2, 0) is 13.5 Å². The quantitative estimate of drug-likeness (QED) is 0.860. The molecule has 0 bridgehead atoms. The van der Waals surface area contributed by atoms with Gasteiger partial charge in [0, 0.05) is 18.9 Å². The number of hydrogen-bond donors (Lipinski definition) is 1. The molecule has 0 saturated carbocycles. The van der Waals surface area contributed by atoms with Gasteiger partial charge in [0.2, 0.25) is 0 Å². The van der Waals surface area contributed by atoms with Gasteiger partial charge in [0.25, 0.3) is 0 Å². The van der Waals surface area contributed by atoms with Crippen LogP contribution >= 0.6 is 11.6 Å². The summed E-state index contributed by atoms with van der Waals surface area (Å²) >= 11 is 4.77. The Morgan fingerprint density at radius 2 is 2.12 bits per heavy atom. The second-order valence-electron chi connectivity index (χ2n) is 3.85. The number of rotatable bonds is 3. The van der Waals surface area contributed by atoms with Gasteiger partial charge < -0.3 is 5.11 Å². The van der Waals surface area contributed by atoms with Crippen molar-refractivity contribution < 1.29 is 13.9 Å². The smallest absolute Gasteiger partial charge is 0.347 e. The molecule has 0 aliphatic carbocycles. The number of benzene rings is 1. The molecular weight excluding hydrogens is 250 g/mol. The first-order chi connectivity index (χ1) is 7.89. The van der Waals surface area contributed by atoms with Crippen molar-refractivity contribution in [2.24, 2.45) is 7.05 Å². The minimum Gasteiger partial charge on any atom is -0.385 e. The molecule has 3 nitrogen and oxygen atoms in total. The van der Waals surface area contributed by atoms with E-state index in [9.17, 15) is 13.9 Å². The summed E-state index contributed by atoms with van der Waals surface area (Å²) in [5.74, 6) is 0. The minimum absolute atomic E-state index is 0.280. The predicted molar refractivity (Wildman–Crippen MR) is 61.2 cm³/mol. The van der Waals surface area contributed by atoms with Crippen LogP contribution in [0.3, 0.4) is 0 Å². The van der Waals surface area contributed by atoms with E-state index in [0.29, 0.717) is 5.69 Å². The van der Waals surface area contributed by atoms with Gasteiger partial charge in [0.1, 0.15) is 6.10 Å². The van der Waals surface area contributed by atoms with Crippen molar-refractivity contribution in [3.8, 4) is 0 Å². The van der Waals surface area contributed by atoms with Gasteiger partial charge in [0.15, 0.2) is 0 Å². The second-order valence-corrected chi connectivity index (χ2v) is 4.35. The predicted octanol–water partition coefficient (Wildman–Crippen LogP) is 2.31. The van der Waals surface area contributed by atoms with Crippen LogP contribution in [0.15, 0.2) is 24.3 Å². The van der Waals surface area contributed by atoms with Gasteiger partial charge in [-0.25, -0.2) is 0 Å². The van der Waals surface area contributed by atoms with E-state index >= 15 is 0 Å². The molecule has 0 aliphatic heterocycles. The summed E-state index contributed by atoms with van der Waals surface area (Å²) in [5, 5.41) is 10.5. The third-order valence-electron chi connectivity index (χ3n) is 2.60. The van der Waals surface area contributed by atoms with Crippen molar-refractivity contribution in [1.29, 1.82) is 0 Å². The van der Waals surface area contributed by atoms with Gasteiger partial charge in [-0.1, -0.05) is 18.2 Å². The standard InChI is InChI=1S/C11H11ClF2N2O/c1-16-9-5-3-2-4-7(9)8(15-16)6-10(17)11(12,13)14/h2-5,10,17H,6H2,1H3. The number of fused-ring (bicyclic) bond motifs is 1. The number of nitrogens with zero attached hydrogens (tertiary/aromatic N) is 2. The number of aryl methyl sites for hydroxylation is 1. The average Bonchev–Trinajstić information content (AvgIpc) is 2.56. The van der Waals surface area contributed by atoms with E-state index in [2.05, 4.69) is 5.10 Å². The lowest BCUT2D eigenvalue weighted by Gasteiger charge is -2.14. The molecule has 0 saturated heterocycles. The summed E-state index contributed by atoms with van der Waals surface area (Å²) < 4.78 is 27.0. The van der Waals surface area contributed by atoms with Crippen LogP contribution in [0.1, 0.15) is 5.69 Å². The fraction of sp³-hybridized carbons (Fsp3) is 0.364. The Morgan fingerprint density at radius 1 is 1.47 bits per heavy atom. The number of hydrogen-bond acceptors (Lipinski definition) is 2. The number of aromatic nitrogens is 2. The summed E-state index contributed by atoms with van der Waals surface area (Å²) in [6.45, 7) is 0. The van der Waals surface area contributed by atoms with E-state index in [-0.39, 0.29) is 6.42 Å². The monoisotopic (exact) mass is 260 g/mol. The molecule has 1 atom stereocenters. The van der Waals surface area contributed by atoms with E-state index in [1.54, 1.807) is 23.9 Å². The van der Waals surface area contributed by atoms with Crippen LogP contribution in [0.25, 0.3) is 10.9 Å². The fourth-order valence-electron chi connectivity index (χ4n) is 1.74. The highest BCUT2D eigenvalue weighted by Crippen LogP contribution is 2.27. The maximum atomic E-state index is 12.7.